The van der Waals surface area contributed by atoms with Gasteiger partial charge in [0.05, 0.1) is 7.11 Å². The second kappa shape index (κ2) is 7.80. The van der Waals surface area contributed by atoms with Gasteiger partial charge in [-0.1, -0.05) is 6.92 Å². The quantitative estimate of drug-likeness (QED) is 0.712. The number of aromatic nitrogens is 3. The Morgan fingerprint density at radius 3 is 2.39 bits per heavy atom. The predicted octanol–water partition coefficient (Wildman–Crippen LogP) is 0.492. The summed E-state index contributed by atoms with van der Waals surface area (Å²) in [6.07, 6.45) is 0. The molecule has 1 rings (SSSR count). The van der Waals surface area contributed by atoms with Crippen LogP contribution < -0.4 is 15.4 Å². The number of methoxy groups -OCH3 is 1. The van der Waals surface area contributed by atoms with E-state index in [2.05, 4.69) is 25.6 Å². The van der Waals surface area contributed by atoms with Gasteiger partial charge in [-0.25, -0.2) is 0 Å². The zero-order valence-electron chi connectivity index (χ0n) is 10.9. The summed E-state index contributed by atoms with van der Waals surface area (Å²) in [5.74, 6) is 2.11. The van der Waals surface area contributed by atoms with E-state index in [1.807, 2.05) is 13.8 Å². The van der Waals surface area contributed by atoms with E-state index in [0.717, 1.165) is 0 Å². The average molecular weight is 273 g/mol. The van der Waals surface area contributed by atoms with Crippen LogP contribution in [0, 0.1) is 0 Å². The van der Waals surface area contributed by atoms with Crippen molar-refractivity contribution in [1.82, 2.24) is 15.0 Å². The van der Waals surface area contributed by atoms with E-state index < -0.39 is 10.8 Å². The van der Waals surface area contributed by atoms with Crippen LogP contribution >= 0.6 is 0 Å². The molecule has 8 heteroatoms. The summed E-state index contributed by atoms with van der Waals surface area (Å²) in [4.78, 5) is 12.3. The maximum absolute atomic E-state index is 11.3. The van der Waals surface area contributed by atoms with Gasteiger partial charge < -0.3 is 15.4 Å². The van der Waals surface area contributed by atoms with Crippen molar-refractivity contribution in [3.63, 3.8) is 0 Å². The topological polar surface area (TPSA) is 89.0 Å². The molecule has 7 nitrogen and oxygen atoms in total. The van der Waals surface area contributed by atoms with E-state index in [0.29, 0.717) is 36.5 Å². The Labute approximate surface area is 109 Å². The first-order chi connectivity index (χ1) is 8.69. The van der Waals surface area contributed by atoms with Crippen molar-refractivity contribution < 1.29 is 8.95 Å². The summed E-state index contributed by atoms with van der Waals surface area (Å²) in [5, 5.41) is 6.00. The van der Waals surface area contributed by atoms with Crippen molar-refractivity contribution >= 4 is 22.7 Å². The van der Waals surface area contributed by atoms with Crippen molar-refractivity contribution in [3.8, 4) is 6.01 Å². The molecule has 0 aromatic carbocycles. The largest absolute Gasteiger partial charge is 0.467 e. The summed E-state index contributed by atoms with van der Waals surface area (Å²) in [7, 11) is 0.704. The Balaban J connectivity index is 2.63. The molecule has 1 atom stereocenters. The molecule has 1 aromatic heterocycles. The number of hydrogen-bond donors (Lipinski definition) is 2. The van der Waals surface area contributed by atoms with E-state index in [-0.39, 0.29) is 6.01 Å². The van der Waals surface area contributed by atoms with E-state index in [1.165, 1.54) is 7.11 Å². The lowest BCUT2D eigenvalue weighted by Gasteiger charge is -2.08. The first-order valence-electron chi connectivity index (χ1n) is 5.82. The third-order valence-corrected chi connectivity index (χ3v) is 3.37. The molecule has 102 valence electrons. The van der Waals surface area contributed by atoms with Crippen molar-refractivity contribution in [1.29, 1.82) is 0 Å². The molecule has 0 aliphatic rings. The van der Waals surface area contributed by atoms with Gasteiger partial charge in [0, 0.05) is 35.4 Å². The lowest BCUT2D eigenvalue weighted by atomic mass is 10.7. The van der Waals surface area contributed by atoms with Crippen LogP contribution in [0.2, 0.25) is 0 Å². The molecule has 0 fully saturated rings. The first kappa shape index (κ1) is 14.6. The van der Waals surface area contributed by atoms with Crippen LogP contribution in [0.4, 0.5) is 11.9 Å². The van der Waals surface area contributed by atoms with Crippen LogP contribution in [-0.4, -0.2) is 50.9 Å². The Morgan fingerprint density at radius 1 is 1.17 bits per heavy atom. The predicted molar refractivity (Wildman–Crippen MR) is 72.6 cm³/mol. The van der Waals surface area contributed by atoms with Crippen LogP contribution in [-0.2, 0) is 10.8 Å². The lowest BCUT2D eigenvalue weighted by Crippen LogP contribution is -2.15. The number of rotatable bonds is 8. The minimum atomic E-state index is -0.797. The molecule has 1 unspecified atom stereocenters. The second-order valence-electron chi connectivity index (χ2n) is 3.36. The summed E-state index contributed by atoms with van der Waals surface area (Å²) < 4.78 is 16.3. The van der Waals surface area contributed by atoms with Gasteiger partial charge in [0.25, 0.3) is 0 Å². The highest BCUT2D eigenvalue weighted by atomic mass is 32.2. The minimum absolute atomic E-state index is 0.250. The third kappa shape index (κ3) is 4.82. The van der Waals surface area contributed by atoms with Gasteiger partial charge in [0.1, 0.15) is 0 Å². The third-order valence-electron chi connectivity index (χ3n) is 2.07. The molecule has 1 heterocycles. The maximum Gasteiger partial charge on any atom is 0.322 e. The Hall–Kier alpha value is -1.44. The van der Waals surface area contributed by atoms with Gasteiger partial charge in [-0.2, -0.15) is 15.0 Å². The molecule has 0 aliphatic heterocycles. The fourth-order valence-corrected chi connectivity index (χ4v) is 1.80. The molecular weight excluding hydrogens is 254 g/mol. The summed E-state index contributed by atoms with van der Waals surface area (Å²) >= 11 is 0. The maximum atomic E-state index is 11.3. The van der Waals surface area contributed by atoms with Crippen LogP contribution in [0.15, 0.2) is 0 Å². The van der Waals surface area contributed by atoms with Gasteiger partial charge in [0.2, 0.25) is 11.9 Å². The van der Waals surface area contributed by atoms with Gasteiger partial charge in [-0.15, -0.1) is 0 Å². The van der Waals surface area contributed by atoms with Crippen LogP contribution in [0.3, 0.4) is 0 Å². The fraction of sp³-hybridized carbons (Fsp3) is 0.700. The summed E-state index contributed by atoms with van der Waals surface area (Å²) in [6, 6.07) is 0.250. The molecule has 0 radical (unpaired) electrons. The van der Waals surface area contributed by atoms with E-state index in [4.69, 9.17) is 4.74 Å². The van der Waals surface area contributed by atoms with Crippen LogP contribution in [0.5, 0.6) is 6.01 Å². The number of anilines is 2. The van der Waals surface area contributed by atoms with Crippen LogP contribution in [0.25, 0.3) is 0 Å². The molecule has 2 N–H and O–H groups in total. The van der Waals surface area contributed by atoms with Crippen molar-refractivity contribution in [2.75, 3.05) is 42.3 Å². The number of nitrogens with one attached hydrogen (secondary N) is 2. The van der Waals surface area contributed by atoms with Crippen molar-refractivity contribution in [3.05, 3.63) is 0 Å². The summed E-state index contributed by atoms with van der Waals surface area (Å²) in [6.45, 7) is 5.12. The lowest BCUT2D eigenvalue weighted by molar-refractivity contribution is 0.379. The average Bonchev–Trinajstić information content (AvgIpc) is 2.38. The molecule has 1 aromatic rings. The standard InChI is InChI=1S/C10H19N5O2S/c1-4-11-8-13-9(15-10(14-8)17-3)12-6-7-18(16)5-2/h4-7H2,1-3H3,(H2,11,12,13,14,15). The van der Waals surface area contributed by atoms with E-state index in [1.54, 1.807) is 0 Å². The van der Waals surface area contributed by atoms with Gasteiger partial charge in [-0.3, -0.25) is 4.21 Å². The first-order valence-corrected chi connectivity index (χ1v) is 7.31. The highest BCUT2D eigenvalue weighted by Gasteiger charge is 2.06. The zero-order valence-corrected chi connectivity index (χ0v) is 11.7. The van der Waals surface area contributed by atoms with Gasteiger partial charge >= 0.3 is 6.01 Å². The number of hydrogen-bond acceptors (Lipinski definition) is 7. The van der Waals surface area contributed by atoms with E-state index in [9.17, 15) is 4.21 Å². The fourth-order valence-electron chi connectivity index (χ4n) is 1.19. The molecule has 0 saturated carbocycles. The Bertz CT molecular complexity index is 402. The van der Waals surface area contributed by atoms with Crippen LogP contribution in [0.1, 0.15) is 13.8 Å². The van der Waals surface area contributed by atoms with Gasteiger partial charge in [-0.05, 0) is 6.92 Å². The smallest absolute Gasteiger partial charge is 0.322 e. The minimum Gasteiger partial charge on any atom is -0.467 e. The summed E-state index contributed by atoms with van der Waals surface area (Å²) in [5.41, 5.74) is 0. The monoisotopic (exact) mass is 273 g/mol. The van der Waals surface area contributed by atoms with Gasteiger partial charge in [0.15, 0.2) is 0 Å². The highest BCUT2D eigenvalue weighted by Crippen LogP contribution is 2.10. The molecule has 0 spiro atoms. The number of nitrogens with zero attached hydrogens (tertiary/aromatic N) is 3. The SMILES string of the molecule is CCNc1nc(NCCS(=O)CC)nc(OC)n1. The Kier molecular flexibility index (Phi) is 6.34. The second-order valence-corrected chi connectivity index (χ2v) is 5.22. The molecule has 18 heavy (non-hydrogen) atoms. The van der Waals surface area contributed by atoms with Crippen molar-refractivity contribution in [2.45, 2.75) is 13.8 Å². The molecular formula is C10H19N5O2S. The number of ether oxygens (including phenoxy) is 1. The van der Waals surface area contributed by atoms with E-state index >= 15 is 0 Å². The molecule has 0 bridgehead atoms. The Morgan fingerprint density at radius 2 is 1.83 bits per heavy atom. The zero-order chi connectivity index (χ0) is 13.4. The highest BCUT2D eigenvalue weighted by molar-refractivity contribution is 7.84. The normalized spacial score (nSPS) is 11.9. The van der Waals surface area contributed by atoms with Crippen molar-refractivity contribution in [2.24, 2.45) is 0 Å². The molecule has 0 saturated heterocycles. The molecule has 0 amide bonds. The molecule has 0 aliphatic carbocycles.